The SMILES string of the molecule is Cc1noc(NS(=O)(=O)c2cnn(CC(=O)O)c2)n1. The van der Waals surface area contributed by atoms with Gasteiger partial charge in [0.15, 0.2) is 5.82 Å². The van der Waals surface area contributed by atoms with Gasteiger partial charge >= 0.3 is 12.0 Å². The first-order valence-corrected chi connectivity index (χ1v) is 6.42. The molecule has 0 amide bonds. The van der Waals surface area contributed by atoms with Crippen molar-refractivity contribution in [3.05, 3.63) is 18.2 Å². The van der Waals surface area contributed by atoms with Crippen molar-refractivity contribution in [2.45, 2.75) is 18.4 Å². The third-order valence-electron chi connectivity index (χ3n) is 1.97. The highest BCUT2D eigenvalue weighted by atomic mass is 32.2. The first-order valence-electron chi connectivity index (χ1n) is 4.94. The van der Waals surface area contributed by atoms with Crippen LogP contribution in [-0.2, 0) is 21.4 Å². The van der Waals surface area contributed by atoms with Gasteiger partial charge in [0.1, 0.15) is 11.4 Å². The normalized spacial score (nSPS) is 11.4. The second-order valence-corrected chi connectivity index (χ2v) is 5.20. The molecule has 2 rings (SSSR count). The summed E-state index contributed by atoms with van der Waals surface area (Å²) >= 11 is 0. The first kappa shape index (κ1) is 13.0. The molecule has 0 aliphatic carbocycles. The molecule has 2 aromatic heterocycles. The summed E-state index contributed by atoms with van der Waals surface area (Å²) in [6, 6.07) is -0.275. The van der Waals surface area contributed by atoms with Crippen LogP contribution in [0.3, 0.4) is 0 Å². The van der Waals surface area contributed by atoms with Crippen molar-refractivity contribution in [3.8, 4) is 0 Å². The number of carboxylic acids is 1. The fourth-order valence-corrected chi connectivity index (χ4v) is 2.10. The summed E-state index contributed by atoms with van der Waals surface area (Å²) in [5.41, 5.74) is 0. The minimum atomic E-state index is -3.94. The Labute approximate surface area is 107 Å². The number of carboxylic acid groups (broad SMARTS) is 1. The van der Waals surface area contributed by atoms with Crippen LogP contribution in [0.4, 0.5) is 6.01 Å². The maximum atomic E-state index is 11.9. The van der Waals surface area contributed by atoms with E-state index in [4.69, 9.17) is 5.11 Å². The molecule has 0 spiro atoms. The van der Waals surface area contributed by atoms with Crippen LogP contribution in [0.5, 0.6) is 0 Å². The molecular formula is C8H9N5O5S. The van der Waals surface area contributed by atoms with Gasteiger partial charge in [-0.25, -0.2) is 13.1 Å². The smallest absolute Gasteiger partial charge is 0.335 e. The van der Waals surface area contributed by atoms with E-state index < -0.39 is 22.5 Å². The van der Waals surface area contributed by atoms with Crippen molar-refractivity contribution in [1.29, 1.82) is 0 Å². The predicted octanol–water partition coefficient (Wildman–Crippen LogP) is -0.540. The molecule has 10 nitrogen and oxygen atoms in total. The predicted molar refractivity (Wildman–Crippen MR) is 59.7 cm³/mol. The number of anilines is 1. The summed E-state index contributed by atoms with van der Waals surface area (Å²) in [6.45, 7) is 1.10. The van der Waals surface area contributed by atoms with Gasteiger partial charge in [0.25, 0.3) is 10.0 Å². The molecule has 2 aromatic rings. The van der Waals surface area contributed by atoms with Crippen LogP contribution in [0, 0.1) is 6.92 Å². The third kappa shape index (κ3) is 3.07. The molecule has 102 valence electrons. The lowest BCUT2D eigenvalue weighted by molar-refractivity contribution is -0.137. The van der Waals surface area contributed by atoms with Crippen molar-refractivity contribution < 1.29 is 22.8 Å². The van der Waals surface area contributed by atoms with Crippen LogP contribution in [0.15, 0.2) is 21.8 Å². The largest absolute Gasteiger partial charge is 0.480 e. The molecule has 19 heavy (non-hydrogen) atoms. The fourth-order valence-electron chi connectivity index (χ4n) is 1.22. The van der Waals surface area contributed by atoms with Gasteiger partial charge in [-0.3, -0.25) is 9.48 Å². The number of rotatable bonds is 5. The number of nitrogens with one attached hydrogen (secondary N) is 1. The fraction of sp³-hybridized carbons (Fsp3) is 0.250. The molecule has 2 N–H and O–H groups in total. The number of hydrogen-bond donors (Lipinski definition) is 2. The number of hydrogen-bond acceptors (Lipinski definition) is 7. The molecule has 0 radical (unpaired) electrons. The van der Waals surface area contributed by atoms with Crippen molar-refractivity contribution in [1.82, 2.24) is 19.9 Å². The standard InChI is InChI=1S/C8H9N5O5S/c1-5-10-8(18-11-5)12-19(16,17)6-2-9-13(3-6)4-7(14)15/h2-3H,4H2,1H3,(H,14,15)(H,10,11,12). The average molecular weight is 287 g/mol. The molecule has 0 saturated heterocycles. The first-order chi connectivity index (χ1) is 8.87. The summed E-state index contributed by atoms with van der Waals surface area (Å²) in [6.07, 6.45) is 2.11. The monoisotopic (exact) mass is 287 g/mol. The summed E-state index contributed by atoms with van der Waals surface area (Å²) in [5.74, 6) is -0.855. The molecule has 0 atom stereocenters. The van der Waals surface area contributed by atoms with Crippen molar-refractivity contribution in [2.75, 3.05) is 4.72 Å². The minimum absolute atomic E-state index is 0.204. The lowest BCUT2D eigenvalue weighted by Crippen LogP contribution is -2.13. The Hall–Kier alpha value is -2.43. The summed E-state index contributed by atoms with van der Waals surface area (Å²) < 4.78 is 31.4. The van der Waals surface area contributed by atoms with Crippen molar-refractivity contribution >= 4 is 22.0 Å². The van der Waals surface area contributed by atoms with Crippen LogP contribution < -0.4 is 4.72 Å². The Morgan fingerprint density at radius 2 is 2.32 bits per heavy atom. The van der Waals surface area contributed by atoms with Crippen LogP contribution in [0.1, 0.15) is 5.82 Å². The second-order valence-electron chi connectivity index (χ2n) is 3.52. The molecule has 0 aromatic carbocycles. The van der Waals surface area contributed by atoms with E-state index in [-0.39, 0.29) is 16.7 Å². The zero-order valence-electron chi connectivity index (χ0n) is 9.64. The molecule has 11 heteroatoms. The van der Waals surface area contributed by atoms with E-state index in [1.165, 1.54) is 6.92 Å². The van der Waals surface area contributed by atoms with Crippen molar-refractivity contribution in [2.24, 2.45) is 0 Å². The molecule has 0 aliphatic heterocycles. The second kappa shape index (κ2) is 4.68. The molecule has 0 aliphatic rings. The molecule has 0 bridgehead atoms. The molecule has 0 saturated carbocycles. The molecule has 0 unspecified atom stereocenters. The Kier molecular flexibility index (Phi) is 3.21. The van der Waals surface area contributed by atoms with Gasteiger partial charge < -0.3 is 9.63 Å². The zero-order chi connectivity index (χ0) is 14.0. The zero-order valence-corrected chi connectivity index (χ0v) is 10.5. The van der Waals surface area contributed by atoms with E-state index in [0.717, 1.165) is 17.1 Å². The van der Waals surface area contributed by atoms with E-state index in [1.54, 1.807) is 0 Å². The number of carbonyl (C=O) groups is 1. The van der Waals surface area contributed by atoms with Gasteiger partial charge in [0.05, 0.1) is 6.20 Å². The number of aromatic nitrogens is 4. The maximum absolute atomic E-state index is 11.9. The Bertz CT molecular complexity index is 703. The number of aliphatic carboxylic acids is 1. The van der Waals surface area contributed by atoms with Crippen LogP contribution in [-0.4, -0.2) is 39.4 Å². The molecule has 0 fully saturated rings. The maximum Gasteiger partial charge on any atom is 0.335 e. The number of aryl methyl sites for hydroxylation is 1. The average Bonchev–Trinajstić information content (AvgIpc) is 2.87. The van der Waals surface area contributed by atoms with Crippen LogP contribution in [0.2, 0.25) is 0 Å². The number of nitrogens with zero attached hydrogens (tertiary/aromatic N) is 4. The molecular weight excluding hydrogens is 278 g/mol. The Morgan fingerprint density at radius 3 is 2.89 bits per heavy atom. The van der Waals surface area contributed by atoms with E-state index in [1.807, 2.05) is 0 Å². The van der Waals surface area contributed by atoms with Crippen molar-refractivity contribution in [3.63, 3.8) is 0 Å². The van der Waals surface area contributed by atoms with Crippen LogP contribution >= 0.6 is 0 Å². The van der Waals surface area contributed by atoms with E-state index >= 15 is 0 Å². The van der Waals surface area contributed by atoms with E-state index in [0.29, 0.717) is 0 Å². The van der Waals surface area contributed by atoms with Gasteiger partial charge in [0.2, 0.25) is 0 Å². The van der Waals surface area contributed by atoms with Gasteiger partial charge in [-0.2, -0.15) is 10.1 Å². The molecule has 2 heterocycles. The van der Waals surface area contributed by atoms with Gasteiger partial charge in [-0.15, -0.1) is 0 Å². The van der Waals surface area contributed by atoms with Gasteiger partial charge in [-0.1, -0.05) is 5.16 Å². The summed E-state index contributed by atoms with van der Waals surface area (Å²) in [5, 5.41) is 15.6. The Balaban J connectivity index is 2.19. The number of sulfonamides is 1. The van der Waals surface area contributed by atoms with Gasteiger partial charge in [0, 0.05) is 6.20 Å². The van der Waals surface area contributed by atoms with E-state index in [2.05, 4.69) is 24.5 Å². The lowest BCUT2D eigenvalue weighted by Gasteiger charge is -1.99. The summed E-state index contributed by atoms with van der Waals surface area (Å²) in [4.78, 5) is 13.9. The van der Waals surface area contributed by atoms with Crippen LogP contribution in [0.25, 0.3) is 0 Å². The van der Waals surface area contributed by atoms with E-state index in [9.17, 15) is 13.2 Å². The highest BCUT2D eigenvalue weighted by Crippen LogP contribution is 2.13. The quantitative estimate of drug-likeness (QED) is 0.747. The topological polar surface area (TPSA) is 140 Å². The lowest BCUT2D eigenvalue weighted by atomic mass is 10.6. The highest BCUT2D eigenvalue weighted by molar-refractivity contribution is 7.92. The van der Waals surface area contributed by atoms with Gasteiger partial charge in [-0.05, 0) is 6.92 Å². The Morgan fingerprint density at radius 1 is 1.58 bits per heavy atom. The highest BCUT2D eigenvalue weighted by Gasteiger charge is 2.20. The summed E-state index contributed by atoms with van der Waals surface area (Å²) in [7, 11) is -3.94. The minimum Gasteiger partial charge on any atom is -0.480 e. The third-order valence-corrected chi connectivity index (χ3v) is 3.24.